The van der Waals surface area contributed by atoms with Crippen LogP contribution in [0.5, 0.6) is 0 Å². The van der Waals surface area contributed by atoms with Gasteiger partial charge in [-0.25, -0.2) is 4.39 Å². The molecular formula is C25H45FO2. The van der Waals surface area contributed by atoms with E-state index in [2.05, 4.69) is 6.92 Å². The number of alkyl halides is 1. The van der Waals surface area contributed by atoms with Crippen molar-refractivity contribution in [2.75, 3.05) is 13.2 Å². The molecule has 0 aliphatic heterocycles. The van der Waals surface area contributed by atoms with E-state index in [0.717, 1.165) is 30.6 Å². The topological polar surface area (TPSA) is 18.5 Å². The van der Waals surface area contributed by atoms with Crippen molar-refractivity contribution in [2.24, 2.45) is 29.6 Å². The highest BCUT2D eigenvalue weighted by Gasteiger charge is 2.45. The molecule has 3 fully saturated rings. The lowest BCUT2D eigenvalue weighted by atomic mass is 9.64. The summed E-state index contributed by atoms with van der Waals surface area (Å²) < 4.78 is 27.1. The highest BCUT2D eigenvalue weighted by Crippen LogP contribution is 2.46. The van der Waals surface area contributed by atoms with E-state index in [0.29, 0.717) is 19.1 Å². The minimum absolute atomic E-state index is 0.0501. The lowest BCUT2D eigenvalue weighted by Crippen LogP contribution is -2.49. The third-order valence-electron chi connectivity index (χ3n) is 8.29. The maximum atomic E-state index is 15.4. The first kappa shape index (κ1) is 22.5. The number of hydrogen-bond acceptors (Lipinski definition) is 2. The van der Waals surface area contributed by atoms with Crippen LogP contribution >= 0.6 is 0 Å². The first-order valence-corrected chi connectivity index (χ1v) is 12.5. The summed E-state index contributed by atoms with van der Waals surface area (Å²) in [5.74, 6) is 3.63. The molecule has 3 rings (SSSR count). The highest BCUT2D eigenvalue weighted by atomic mass is 19.1. The summed E-state index contributed by atoms with van der Waals surface area (Å²) >= 11 is 0. The first-order valence-electron chi connectivity index (χ1n) is 12.5. The van der Waals surface area contributed by atoms with Crippen molar-refractivity contribution in [3.8, 4) is 0 Å². The van der Waals surface area contributed by atoms with Gasteiger partial charge in [0.25, 0.3) is 0 Å². The molecule has 0 heterocycles. The van der Waals surface area contributed by atoms with Crippen molar-refractivity contribution in [3.63, 3.8) is 0 Å². The molecule has 28 heavy (non-hydrogen) atoms. The minimum atomic E-state index is -0.851. The molecular weight excluding hydrogens is 351 g/mol. The monoisotopic (exact) mass is 396 g/mol. The Balaban J connectivity index is 1.48. The Bertz CT molecular complexity index is 426. The zero-order chi connectivity index (χ0) is 19.9. The van der Waals surface area contributed by atoms with Gasteiger partial charge in [0.2, 0.25) is 0 Å². The minimum Gasteiger partial charge on any atom is -0.376 e. The van der Waals surface area contributed by atoms with E-state index in [4.69, 9.17) is 9.47 Å². The molecule has 0 saturated heterocycles. The molecule has 0 spiro atoms. The summed E-state index contributed by atoms with van der Waals surface area (Å²) in [7, 11) is 0. The van der Waals surface area contributed by atoms with Crippen LogP contribution in [0.25, 0.3) is 0 Å². The standard InChI is InChI=1S/C25H45FO2/c1-4-7-18-8-10-19(11-9-18)20-12-14-21(15-13-20)22-16-17-23(27-5-2)25(24(22)26)28-6-3/h18-25H,4-17H2,1-3H3. The van der Waals surface area contributed by atoms with Crippen LogP contribution in [0.1, 0.15) is 97.8 Å². The van der Waals surface area contributed by atoms with Gasteiger partial charge in [-0.3, -0.25) is 0 Å². The highest BCUT2D eigenvalue weighted by molar-refractivity contribution is 4.94. The summed E-state index contributed by atoms with van der Waals surface area (Å²) in [6.07, 6.45) is 14.5. The van der Waals surface area contributed by atoms with Crippen LogP contribution in [-0.2, 0) is 9.47 Å². The Hall–Kier alpha value is -0.150. The summed E-state index contributed by atoms with van der Waals surface area (Å²) in [4.78, 5) is 0. The van der Waals surface area contributed by atoms with Gasteiger partial charge in [-0.1, -0.05) is 32.6 Å². The normalized spacial score (nSPS) is 42.4. The van der Waals surface area contributed by atoms with Gasteiger partial charge in [-0.2, -0.15) is 0 Å². The Labute approximate surface area is 173 Å². The molecule has 0 bridgehead atoms. The SMILES string of the molecule is CCCC1CCC(C2CCC(C3CCC(OCC)C(OCC)C3F)CC2)CC1. The van der Waals surface area contributed by atoms with Crippen LogP contribution in [0.4, 0.5) is 4.39 Å². The predicted octanol–water partition coefficient (Wildman–Crippen LogP) is 6.96. The largest absolute Gasteiger partial charge is 0.376 e. The molecule has 2 nitrogen and oxygen atoms in total. The number of rotatable bonds is 8. The van der Waals surface area contributed by atoms with Gasteiger partial charge >= 0.3 is 0 Å². The van der Waals surface area contributed by atoms with Gasteiger partial charge in [0, 0.05) is 13.2 Å². The second-order valence-electron chi connectivity index (χ2n) is 9.84. The van der Waals surface area contributed by atoms with Gasteiger partial charge in [0.05, 0.1) is 6.10 Å². The Morgan fingerprint density at radius 1 is 0.679 bits per heavy atom. The van der Waals surface area contributed by atoms with E-state index in [9.17, 15) is 0 Å². The van der Waals surface area contributed by atoms with Crippen LogP contribution in [0.2, 0.25) is 0 Å². The van der Waals surface area contributed by atoms with E-state index < -0.39 is 6.17 Å². The number of hydrogen-bond donors (Lipinski definition) is 0. The van der Waals surface area contributed by atoms with E-state index >= 15 is 4.39 Å². The quantitative estimate of drug-likeness (QED) is 0.441. The van der Waals surface area contributed by atoms with Crippen molar-refractivity contribution in [1.82, 2.24) is 0 Å². The summed E-state index contributed by atoms with van der Waals surface area (Å²) in [5, 5.41) is 0. The average molecular weight is 397 g/mol. The average Bonchev–Trinajstić information content (AvgIpc) is 2.72. The zero-order valence-electron chi connectivity index (χ0n) is 18.7. The molecule has 0 aromatic carbocycles. The zero-order valence-corrected chi connectivity index (χ0v) is 18.7. The third-order valence-corrected chi connectivity index (χ3v) is 8.29. The van der Waals surface area contributed by atoms with E-state index in [1.807, 2.05) is 13.8 Å². The number of ether oxygens (including phenoxy) is 2. The molecule has 0 radical (unpaired) electrons. The maximum absolute atomic E-state index is 15.4. The predicted molar refractivity (Wildman–Crippen MR) is 114 cm³/mol. The van der Waals surface area contributed by atoms with Gasteiger partial charge in [0.15, 0.2) is 0 Å². The molecule has 3 saturated carbocycles. The Morgan fingerprint density at radius 3 is 1.82 bits per heavy atom. The van der Waals surface area contributed by atoms with Crippen LogP contribution in [0.3, 0.4) is 0 Å². The fourth-order valence-electron chi connectivity index (χ4n) is 6.81. The molecule has 0 aromatic rings. The van der Waals surface area contributed by atoms with Crippen molar-refractivity contribution in [3.05, 3.63) is 0 Å². The lowest BCUT2D eigenvalue weighted by Gasteiger charge is -2.44. The second-order valence-corrected chi connectivity index (χ2v) is 9.84. The van der Waals surface area contributed by atoms with E-state index in [-0.39, 0.29) is 18.1 Å². The molecule has 3 aliphatic rings. The van der Waals surface area contributed by atoms with Crippen molar-refractivity contribution >= 4 is 0 Å². The summed E-state index contributed by atoms with van der Waals surface area (Å²) in [5.41, 5.74) is 0. The van der Waals surface area contributed by atoms with Crippen LogP contribution in [0, 0.1) is 29.6 Å². The molecule has 3 aliphatic carbocycles. The molecule has 0 aromatic heterocycles. The van der Waals surface area contributed by atoms with E-state index in [1.165, 1.54) is 64.2 Å². The molecule has 164 valence electrons. The summed E-state index contributed by atoms with van der Waals surface area (Å²) in [6, 6.07) is 0. The van der Waals surface area contributed by atoms with Crippen molar-refractivity contribution in [1.29, 1.82) is 0 Å². The van der Waals surface area contributed by atoms with E-state index in [1.54, 1.807) is 0 Å². The fourth-order valence-corrected chi connectivity index (χ4v) is 6.81. The van der Waals surface area contributed by atoms with Gasteiger partial charge in [-0.05, 0) is 94.8 Å². The van der Waals surface area contributed by atoms with Gasteiger partial charge < -0.3 is 9.47 Å². The molecule has 0 N–H and O–H groups in total. The molecule has 4 unspecified atom stereocenters. The fraction of sp³-hybridized carbons (Fsp3) is 1.00. The summed E-state index contributed by atoms with van der Waals surface area (Å²) in [6.45, 7) is 7.52. The second kappa shape index (κ2) is 11.3. The molecule has 4 atom stereocenters. The third kappa shape index (κ3) is 5.50. The van der Waals surface area contributed by atoms with Gasteiger partial charge in [-0.15, -0.1) is 0 Å². The maximum Gasteiger partial charge on any atom is 0.132 e. The Kier molecular flexibility index (Phi) is 9.09. The van der Waals surface area contributed by atoms with Crippen LogP contribution < -0.4 is 0 Å². The first-order chi connectivity index (χ1) is 13.7. The van der Waals surface area contributed by atoms with Crippen molar-refractivity contribution < 1.29 is 13.9 Å². The Morgan fingerprint density at radius 2 is 1.25 bits per heavy atom. The molecule has 3 heteroatoms. The smallest absolute Gasteiger partial charge is 0.132 e. The van der Waals surface area contributed by atoms with Gasteiger partial charge in [0.1, 0.15) is 12.3 Å². The van der Waals surface area contributed by atoms with Crippen LogP contribution in [-0.4, -0.2) is 31.6 Å². The van der Waals surface area contributed by atoms with Crippen molar-refractivity contribution in [2.45, 2.75) is 116 Å². The number of halogens is 1. The van der Waals surface area contributed by atoms with Crippen LogP contribution in [0.15, 0.2) is 0 Å². The molecule has 0 amide bonds. The lowest BCUT2D eigenvalue weighted by molar-refractivity contribution is -0.143.